The predicted octanol–water partition coefficient (Wildman–Crippen LogP) is 1.40. The molecule has 0 saturated carbocycles. The normalized spacial score (nSPS) is 17.8. The lowest BCUT2D eigenvalue weighted by Gasteiger charge is -2.31. The van der Waals surface area contributed by atoms with E-state index in [1.165, 1.54) is 0 Å². The van der Waals surface area contributed by atoms with Crippen molar-refractivity contribution in [1.82, 2.24) is 4.90 Å². The van der Waals surface area contributed by atoms with Crippen molar-refractivity contribution in [2.75, 3.05) is 13.1 Å². The summed E-state index contributed by atoms with van der Waals surface area (Å²) in [7, 11) is 0. The molecule has 1 unspecified atom stereocenters. The molecule has 1 aromatic rings. The molecule has 1 saturated heterocycles. The topological polar surface area (TPSA) is 83.6 Å². The minimum atomic E-state index is -0.766. The summed E-state index contributed by atoms with van der Waals surface area (Å²) in [6.07, 6.45) is 1.32. The number of hydrogen-bond acceptors (Lipinski definition) is 3. The van der Waals surface area contributed by atoms with E-state index in [4.69, 9.17) is 10.8 Å². The van der Waals surface area contributed by atoms with Gasteiger partial charge in [-0.2, -0.15) is 0 Å². The molecule has 0 bridgehead atoms. The van der Waals surface area contributed by atoms with E-state index in [2.05, 4.69) is 0 Å². The maximum Gasteiger partial charge on any atom is 0.306 e. The number of piperidine rings is 1. The molecule has 0 aliphatic carbocycles. The average Bonchev–Trinajstić information content (AvgIpc) is 2.48. The molecule has 1 aliphatic heterocycles. The highest BCUT2D eigenvalue weighted by Gasteiger charge is 2.27. The molecule has 0 radical (unpaired) electrons. The maximum atomic E-state index is 12.2. The molecule has 5 heteroatoms. The molecule has 108 valence electrons. The molecule has 1 heterocycles. The number of carbonyl (C=O) groups is 2. The van der Waals surface area contributed by atoms with Crippen molar-refractivity contribution in [1.29, 1.82) is 0 Å². The van der Waals surface area contributed by atoms with Gasteiger partial charge < -0.3 is 15.7 Å². The van der Waals surface area contributed by atoms with E-state index in [0.29, 0.717) is 25.9 Å². The van der Waals surface area contributed by atoms with Crippen LogP contribution in [-0.4, -0.2) is 35.0 Å². The number of nitrogens with two attached hydrogens (primary N) is 1. The number of nitrogens with zero attached hydrogens (tertiary/aromatic N) is 1. The Morgan fingerprint density at radius 3 is 2.40 bits per heavy atom. The van der Waals surface area contributed by atoms with Crippen LogP contribution in [0, 0.1) is 5.92 Å². The van der Waals surface area contributed by atoms with Crippen molar-refractivity contribution in [2.45, 2.75) is 25.3 Å². The quantitative estimate of drug-likeness (QED) is 0.870. The number of likely N-dealkylation sites (tertiary alicyclic amines) is 1. The fraction of sp³-hybridized carbons (Fsp3) is 0.467. The van der Waals surface area contributed by atoms with Gasteiger partial charge in [-0.05, 0) is 18.4 Å². The Morgan fingerprint density at radius 1 is 1.25 bits per heavy atom. The molecule has 3 N–H and O–H groups in total. The summed E-state index contributed by atoms with van der Waals surface area (Å²) in [5.74, 6) is -1.08. The number of carbonyl (C=O) groups excluding carboxylic acids is 1. The fourth-order valence-corrected chi connectivity index (χ4v) is 2.51. The molecule has 1 aromatic carbocycles. The number of carboxylic acids is 1. The number of aliphatic carboxylic acids is 1. The SMILES string of the molecule is NC(CC(=O)N1CCC(C(=O)O)CC1)c1ccccc1. The number of carboxylic acid groups (broad SMARTS) is 1. The van der Waals surface area contributed by atoms with Crippen molar-refractivity contribution in [3.05, 3.63) is 35.9 Å². The summed E-state index contributed by atoms with van der Waals surface area (Å²) < 4.78 is 0. The van der Waals surface area contributed by atoms with E-state index in [1.54, 1.807) is 4.90 Å². The molecule has 5 nitrogen and oxygen atoms in total. The molecular formula is C15H20N2O3. The first-order valence-electron chi connectivity index (χ1n) is 6.89. The van der Waals surface area contributed by atoms with E-state index < -0.39 is 5.97 Å². The molecule has 1 amide bonds. The predicted molar refractivity (Wildman–Crippen MR) is 74.9 cm³/mol. The number of amides is 1. The van der Waals surface area contributed by atoms with Crippen LogP contribution in [0.1, 0.15) is 30.9 Å². The highest BCUT2D eigenvalue weighted by molar-refractivity contribution is 5.77. The lowest BCUT2D eigenvalue weighted by molar-refractivity contribution is -0.145. The Hall–Kier alpha value is -1.88. The van der Waals surface area contributed by atoms with Crippen molar-refractivity contribution < 1.29 is 14.7 Å². The molecule has 2 rings (SSSR count). The van der Waals surface area contributed by atoms with Gasteiger partial charge in [-0.1, -0.05) is 30.3 Å². The van der Waals surface area contributed by atoms with Crippen LogP contribution in [0.3, 0.4) is 0 Å². The van der Waals surface area contributed by atoms with Crippen molar-refractivity contribution >= 4 is 11.9 Å². The van der Waals surface area contributed by atoms with Gasteiger partial charge in [0.25, 0.3) is 0 Å². The first-order valence-corrected chi connectivity index (χ1v) is 6.89. The number of benzene rings is 1. The largest absolute Gasteiger partial charge is 0.481 e. The van der Waals surface area contributed by atoms with Gasteiger partial charge in [0.15, 0.2) is 0 Å². The van der Waals surface area contributed by atoms with Crippen LogP contribution in [0.5, 0.6) is 0 Å². The zero-order valence-corrected chi connectivity index (χ0v) is 11.4. The van der Waals surface area contributed by atoms with Crippen molar-refractivity contribution in [2.24, 2.45) is 11.7 Å². The Kier molecular flexibility index (Phi) is 4.74. The van der Waals surface area contributed by atoms with Gasteiger partial charge in [-0.25, -0.2) is 0 Å². The van der Waals surface area contributed by atoms with E-state index in [1.807, 2.05) is 30.3 Å². The molecule has 0 aromatic heterocycles. The monoisotopic (exact) mass is 276 g/mol. The highest BCUT2D eigenvalue weighted by atomic mass is 16.4. The minimum absolute atomic E-state index is 0.00481. The summed E-state index contributed by atoms with van der Waals surface area (Å²) in [5, 5.41) is 8.93. The second-order valence-electron chi connectivity index (χ2n) is 5.21. The Morgan fingerprint density at radius 2 is 1.85 bits per heavy atom. The standard InChI is InChI=1S/C15H20N2O3/c16-13(11-4-2-1-3-5-11)10-14(18)17-8-6-12(7-9-17)15(19)20/h1-5,12-13H,6-10,16H2,(H,19,20). The molecule has 1 atom stereocenters. The third-order valence-electron chi connectivity index (χ3n) is 3.82. The van der Waals surface area contributed by atoms with Crippen molar-refractivity contribution in [3.63, 3.8) is 0 Å². The second-order valence-corrected chi connectivity index (χ2v) is 5.21. The Balaban J connectivity index is 1.85. The van der Waals surface area contributed by atoms with Gasteiger partial charge in [0.05, 0.1) is 5.92 Å². The number of rotatable bonds is 4. The third-order valence-corrected chi connectivity index (χ3v) is 3.82. The highest BCUT2D eigenvalue weighted by Crippen LogP contribution is 2.20. The van der Waals surface area contributed by atoms with Gasteiger partial charge in [0.1, 0.15) is 0 Å². The Bertz CT molecular complexity index is 467. The van der Waals surface area contributed by atoms with Gasteiger partial charge in [0.2, 0.25) is 5.91 Å². The Labute approximate surface area is 118 Å². The minimum Gasteiger partial charge on any atom is -0.481 e. The molecular weight excluding hydrogens is 256 g/mol. The maximum absolute atomic E-state index is 12.2. The summed E-state index contributed by atoms with van der Waals surface area (Å²) in [4.78, 5) is 24.8. The summed E-state index contributed by atoms with van der Waals surface area (Å²) in [5.41, 5.74) is 6.98. The molecule has 20 heavy (non-hydrogen) atoms. The van der Waals surface area contributed by atoms with Crippen LogP contribution in [0.4, 0.5) is 0 Å². The fourth-order valence-electron chi connectivity index (χ4n) is 2.51. The van der Waals surface area contributed by atoms with Crippen molar-refractivity contribution in [3.8, 4) is 0 Å². The first kappa shape index (κ1) is 14.5. The van der Waals surface area contributed by atoms with Crippen LogP contribution in [-0.2, 0) is 9.59 Å². The molecule has 0 spiro atoms. The van der Waals surface area contributed by atoms with Gasteiger partial charge in [-0.3, -0.25) is 9.59 Å². The molecule has 1 aliphatic rings. The van der Waals surface area contributed by atoms with E-state index in [9.17, 15) is 9.59 Å². The zero-order valence-electron chi connectivity index (χ0n) is 11.4. The van der Waals surface area contributed by atoms with Crippen LogP contribution >= 0.6 is 0 Å². The van der Waals surface area contributed by atoms with Gasteiger partial charge >= 0.3 is 5.97 Å². The molecule has 1 fully saturated rings. The summed E-state index contributed by atoms with van der Waals surface area (Å²) in [6, 6.07) is 9.23. The lowest BCUT2D eigenvalue weighted by atomic mass is 9.96. The summed E-state index contributed by atoms with van der Waals surface area (Å²) in [6.45, 7) is 1.02. The van der Waals surface area contributed by atoms with Crippen LogP contribution in [0.2, 0.25) is 0 Å². The first-order chi connectivity index (χ1) is 9.58. The average molecular weight is 276 g/mol. The van der Waals surface area contributed by atoms with E-state index in [-0.39, 0.29) is 24.3 Å². The van der Waals surface area contributed by atoms with E-state index >= 15 is 0 Å². The van der Waals surface area contributed by atoms with Crippen LogP contribution < -0.4 is 5.73 Å². The lowest BCUT2D eigenvalue weighted by Crippen LogP contribution is -2.41. The zero-order chi connectivity index (χ0) is 14.5. The van der Waals surface area contributed by atoms with E-state index in [0.717, 1.165) is 5.56 Å². The third kappa shape index (κ3) is 3.57. The van der Waals surface area contributed by atoms with Crippen LogP contribution in [0.25, 0.3) is 0 Å². The smallest absolute Gasteiger partial charge is 0.306 e. The van der Waals surface area contributed by atoms with Crippen LogP contribution in [0.15, 0.2) is 30.3 Å². The van der Waals surface area contributed by atoms with Gasteiger partial charge in [0, 0.05) is 25.6 Å². The number of hydrogen-bond donors (Lipinski definition) is 2. The van der Waals surface area contributed by atoms with Gasteiger partial charge in [-0.15, -0.1) is 0 Å². The summed E-state index contributed by atoms with van der Waals surface area (Å²) >= 11 is 0. The second kappa shape index (κ2) is 6.52.